The fourth-order valence-electron chi connectivity index (χ4n) is 2.76. The minimum atomic E-state index is -0.663. The van der Waals surface area contributed by atoms with Crippen LogP contribution in [0, 0.1) is 5.82 Å². The number of hydrogen-bond donors (Lipinski definition) is 0. The number of halogens is 2. The van der Waals surface area contributed by atoms with Crippen molar-refractivity contribution in [2.45, 2.75) is 26.6 Å². The molecule has 31 heavy (non-hydrogen) atoms. The average Bonchev–Trinajstić information content (AvgIpc) is 2.95. The molecule has 0 spiro atoms. The number of esters is 1. The Kier molecular flexibility index (Phi) is 7.35. The molecule has 1 aliphatic rings. The van der Waals surface area contributed by atoms with E-state index in [2.05, 4.69) is 0 Å². The van der Waals surface area contributed by atoms with Crippen LogP contribution in [0.25, 0.3) is 6.08 Å². The Balaban J connectivity index is 1.77. The first kappa shape index (κ1) is 22.8. The Bertz CT molecular complexity index is 1040. The lowest BCUT2D eigenvalue weighted by molar-refractivity contribution is -0.149. The zero-order valence-corrected chi connectivity index (χ0v) is 18.3. The first-order chi connectivity index (χ1) is 14.8. The number of imide groups is 1. The summed E-state index contributed by atoms with van der Waals surface area (Å²) >= 11 is 6.76. The first-order valence-electron chi connectivity index (χ1n) is 9.36. The van der Waals surface area contributed by atoms with Crippen molar-refractivity contribution in [3.63, 3.8) is 0 Å². The average molecular weight is 464 g/mol. The highest BCUT2D eigenvalue weighted by molar-refractivity contribution is 8.18. The number of carbonyl (C=O) groups is 3. The van der Waals surface area contributed by atoms with E-state index >= 15 is 0 Å². The van der Waals surface area contributed by atoms with Crippen molar-refractivity contribution in [1.82, 2.24) is 4.90 Å². The van der Waals surface area contributed by atoms with Gasteiger partial charge in [0.1, 0.15) is 24.7 Å². The molecular weight excluding hydrogens is 445 g/mol. The molecule has 0 bridgehead atoms. The highest BCUT2D eigenvalue weighted by Gasteiger charge is 2.37. The molecule has 1 fully saturated rings. The van der Waals surface area contributed by atoms with Gasteiger partial charge in [-0.2, -0.15) is 0 Å². The van der Waals surface area contributed by atoms with E-state index in [-0.39, 0.29) is 28.2 Å². The molecule has 3 rings (SSSR count). The molecule has 2 aromatic carbocycles. The number of para-hydroxylation sites is 1. The third kappa shape index (κ3) is 5.65. The van der Waals surface area contributed by atoms with Crippen molar-refractivity contribution in [2.75, 3.05) is 6.54 Å². The minimum Gasteiger partial charge on any atom is -0.488 e. The molecule has 0 atom stereocenters. The van der Waals surface area contributed by atoms with Crippen molar-refractivity contribution in [3.8, 4) is 5.75 Å². The van der Waals surface area contributed by atoms with Gasteiger partial charge in [0, 0.05) is 11.1 Å². The largest absolute Gasteiger partial charge is 0.488 e. The van der Waals surface area contributed by atoms with Gasteiger partial charge in [-0.3, -0.25) is 19.3 Å². The summed E-state index contributed by atoms with van der Waals surface area (Å²) in [5, 5.41) is -0.319. The van der Waals surface area contributed by atoms with E-state index in [1.165, 1.54) is 18.2 Å². The highest BCUT2D eigenvalue weighted by Crippen LogP contribution is 2.34. The third-order valence-electron chi connectivity index (χ3n) is 4.17. The monoisotopic (exact) mass is 463 g/mol. The van der Waals surface area contributed by atoms with E-state index in [9.17, 15) is 18.8 Å². The number of hydrogen-bond acceptors (Lipinski definition) is 6. The molecular formula is C22H19ClFNO5S. The lowest BCUT2D eigenvalue weighted by Crippen LogP contribution is -2.35. The summed E-state index contributed by atoms with van der Waals surface area (Å²) in [7, 11) is 0. The molecule has 0 aliphatic carbocycles. The molecule has 2 aromatic rings. The van der Waals surface area contributed by atoms with Crippen molar-refractivity contribution in [3.05, 3.63) is 69.3 Å². The second kappa shape index (κ2) is 9.98. The Hall–Kier alpha value is -2.84. The fraction of sp³-hybridized carbons (Fsp3) is 0.227. The first-order valence-corrected chi connectivity index (χ1v) is 10.5. The van der Waals surface area contributed by atoms with Crippen molar-refractivity contribution in [2.24, 2.45) is 0 Å². The van der Waals surface area contributed by atoms with Gasteiger partial charge < -0.3 is 9.47 Å². The van der Waals surface area contributed by atoms with Crippen LogP contribution in [0.4, 0.5) is 9.18 Å². The van der Waals surface area contributed by atoms with Crippen molar-refractivity contribution in [1.29, 1.82) is 0 Å². The Morgan fingerprint density at radius 3 is 2.65 bits per heavy atom. The van der Waals surface area contributed by atoms with Gasteiger partial charge in [-0.15, -0.1) is 0 Å². The molecule has 2 amide bonds. The maximum absolute atomic E-state index is 14.0. The molecule has 0 radical (unpaired) electrons. The number of amides is 2. The lowest BCUT2D eigenvalue weighted by Gasteiger charge is -2.13. The van der Waals surface area contributed by atoms with Gasteiger partial charge in [0.15, 0.2) is 0 Å². The van der Waals surface area contributed by atoms with Crippen LogP contribution in [-0.4, -0.2) is 34.7 Å². The molecule has 162 valence electrons. The summed E-state index contributed by atoms with van der Waals surface area (Å²) in [5.74, 6) is -1.36. The van der Waals surface area contributed by atoms with Crippen LogP contribution in [0.1, 0.15) is 25.0 Å². The predicted octanol–water partition coefficient (Wildman–Crippen LogP) is 5.05. The lowest BCUT2D eigenvalue weighted by atomic mass is 10.1. The molecule has 0 saturated carbocycles. The van der Waals surface area contributed by atoms with Crippen LogP contribution >= 0.6 is 23.4 Å². The smallest absolute Gasteiger partial charge is 0.326 e. The van der Waals surface area contributed by atoms with Crippen LogP contribution in [0.15, 0.2) is 47.4 Å². The molecule has 1 aliphatic heterocycles. The van der Waals surface area contributed by atoms with Gasteiger partial charge in [0.2, 0.25) is 0 Å². The summed E-state index contributed by atoms with van der Waals surface area (Å²) in [4.78, 5) is 37.6. The highest BCUT2D eigenvalue weighted by atomic mass is 35.5. The van der Waals surface area contributed by atoms with E-state index in [1.807, 2.05) is 0 Å². The van der Waals surface area contributed by atoms with E-state index < -0.39 is 29.5 Å². The molecule has 0 aromatic heterocycles. The second-order valence-electron chi connectivity index (χ2n) is 6.83. The second-order valence-corrected chi connectivity index (χ2v) is 8.23. The molecule has 1 heterocycles. The van der Waals surface area contributed by atoms with Gasteiger partial charge >= 0.3 is 5.97 Å². The Morgan fingerprint density at radius 2 is 1.94 bits per heavy atom. The summed E-state index contributed by atoms with van der Waals surface area (Å²) in [6, 6.07) is 11.2. The van der Waals surface area contributed by atoms with E-state index in [0.29, 0.717) is 11.3 Å². The summed E-state index contributed by atoms with van der Waals surface area (Å²) in [6.45, 7) is 2.79. The van der Waals surface area contributed by atoms with Crippen LogP contribution in [0.3, 0.4) is 0 Å². The van der Waals surface area contributed by atoms with Gasteiger partial charge in [-0.05, 0) is 49.9 Å². The van der Waals surface area contributed by atoms with Gasteiger partial charge in [0.25, 0.3) is 11.1 Å². The molecule has 1 saturated heterocycles. The molecule has 6 nitrogen and oxygen atoms in total. The maximum Gasteiger partial charge on any atom is 0.326 e. The SMILES string of the molecule is CC(C)OC(=O)CN1C(=O)S/C(=C\c2ccccc2OCc2c(F)cccc2Cl)C1=O. The zero-order chi connectivity index (χ0) is 22.5. The van der Waals surface area contributed by atoms with E-state index in [0.717, 1.165) is 16.7 Å². The normalized spacial score (nSPS) is 15.1. The zero-order valence-electron chi connectivity index (χ0n) is 16.8. The number of benzene rings is 2. The standard InChI is InChI=1S/C22H19ClFNO5S/c1-13(2)30-20(26)11-25-21(27)19(31-22(25)28)10-14-6-3-4-9-18(14)29-12-15-16(23)7-5-8-17(15)24/h3-10,13H,11-12H2,1-2H3/b19-10-. The Morgan fingerprint density at radius 1 is 1.19 bits per heavy atom. The quantitative estimate of drug-likeness (QED) is 0.423. The van der Waals surface area contributed by atoms with Crippen LogP contribution < -0.4 is 4.74 Å². The Labute approximate surface area is 188 Å². The molecule has 0 unspecified atom stereocenters. The van der Waals surface area contributed by atoms with Crippen LogP contribution in [0.2, 0.25) is 5.02 Å². The van der Waals surface area contributed by atoms with Crippen LogP contribution in [-0.2, 0) is 20.9 Å². The molecule has 0 N–H and O–H groups in total. The number of ether oxygens (including phenoxy) is 2. The predicted molar refractivity (Wildman–Crippen MR) is 116 cm³/mol. The summed E-state index contributed by atoms with van der Waals surface area (Å²) < 4.78 is 24.7. The van der Waals surface area contributed by atoms with E-state index in [1.54, 1.807) is 44.2 Å². The van der Waals surface area contributed by atoms with E-state index in [4.69, 9.17) is 21.1 Å². The van der Waals surface area contributed by atoms with Gasteiger partial charge in [-0.25, -0.2) is 4.39 Å². The van der Waals surface area contributed by atoms with Gasteiger partial charge in [0.05, 0.1) is 16.0 Å². The third-order valence-corrected chi connectivity index (χ3v) is 5.43. The number of rotatable bonds is 7. The number of carbonyl (C=O) groups excluding carboxylic acids is 3. The number of thioether (sulfide) groups is 1. The van der Waals surface area contributed by atoms with Crippen LogP contribution in [0.5, 0.6) is 5.75 Å². The van der Waals surface area contributed by atoms with Crippen molar-refractivity contribution < 1.29 is 28.2 Å². The minimum absolute atomic E-state index is 0.112. The topological polar surface area (TPSA) is 72.9 Å². The van der Waals surface area contributed by atoms with Gasteiger partial charge in [-0.1, -0.05) is 35.9 Å². The maximum atomic E-state index is 14.0. The number of nitrogens with zero attached hydrogens (tertiary/aromatic N) is 1. The van der Waals surface area contributed by atoms with Crippen molar-refractivity contribution >= 4 is 46.6 Å². The summed E-state index contributed by atoms with van der Waals surface area (Å²) in [6.07, 6.45) is 1.15. The fourth-order valence-corrected chi connectivity index (χ4v) is 3.80. The summed E-state index contributed by atoms with van der Waals surface area (Å²) in [5.41, 5.74) is 0.730. The molecule has 9 heteroatoms.